The molecule has 0 bridgehead atoms. The van der Waals surface area contributed by atoms with E-state index in [0.29, 0.717) is 0 Å². The molecule has 0 amide bonds. The Hall–Kier alpha value is -1.59. The maximum atomic E-state index is 4.61. The number of unbranched alkanes of at least 4 members (excludes halogenated alkanes) is 1. The van der Waals surface area contributed by atoms with Crippen LogP contribution in [0.25, 0.3) is 20.9 Å². The Morgan fingerprint density at radius 1 is 0.950 bits per heavy atom. The van der Waals surface area contributed by atoms with E-state index >= 15 is 0 Å². The SMILES string of the molecule is CCCCc1cc(-c2cncs2)c(-c2cncs2)cn1. The summed E-state index contributed by atoms with van der Waals surface area (Å²) < 4.78 is 0. The lowest BCUT2D eigenvalue weighted by molar-refractivity contribution is 0.777. The molecule has 5 heteroatoms. The molecule has 0 aliphatic rings. The van der Waals surface area contributed by atoms with Crippen molar-refractivity contribution in [3.63, 3.8) is 0 Å². The van der Waals surface area contributed by atoms with Crippen LogP contribution in [0.5, 0.6) is 0 Å². The van der Waals surface area contributed by atoms with Gasteiger partial charge in [-0.2, -0.15) is 0 Å². The van der Waals surface area contributed by atoms with Crippen LogP contribution in [0.15, 0.2) is 35.7 Å². The van der Waals surface area contributed by atoms with Crippen LogP contribution in [-0.4, -0.2) is 15.0 Å². The van der Waals surface area contributed by atoms with E-state index in [2.05, 4.69) is 27.9 Å². The monoisotopic (exact) mass is 301 g/mol. The van der Waals surface area contributed by atoms with Crippen molar-refractivity contribution in [2.75, 3.05) is 0 Å². The number of aryl methyl sites for hydroxylation is 1. The Morgan fingerprint density at radius 3 is 2.25 bits per heavy atom. The summed E-state index contributed by atoms with van der Waals surface area (Å²) in [4.78, 5) is 15.3. The minimum Gasteiger partial charge on any atom is -0.261 e. The van der Waals surface area contributed by atoms with Crippen LogP contribution in [0.4, 0.5) is 0 Å². The highest BCUT2D eigenvalue weighted by Gasteiger charge is 2.12. The zero-order chi connectivity index (χ0) is 13.8. The molecule has 0 fully saturated rings. The van der Waals surface area contributed by atoms with Gasteiger partial charge in [-0.1, -0.05) is 13.3 Å². The van der Waals surface area contributed by atoms with Crippen LogP contribution >= 0.6 is 22.7 Å². The summed E-state index contributed by atoms with van der Waals surface area (Å²) in [5, 5.41) is 0. The number of rotatable bonds is 5. The highest BCUT2D eigenvalue weighted by atomic mass is 32.1. The van der Waals surface area contributed by atoms with Crippen LogP contribution in [0.1, 0.15) is 25.5 Å². The summed E-state index contributed by atoms with van der Waals surface area (Å²) in [5.41, 5.74) is 7.26. The van der Waals surface area contributed by atoms with Crippen LogP contribution in [0, 0.1) is 0 Å². The maximum Gasteiger partial charge on any atom is 0.0797 e. The second-order valence-corrected chi connectivity index (χ2v) is 6.33. The molecule has 0 saturated heterocycles. The number of nitrogens with zero attached hydrogens (tertiary/aromatic N) is 3. The summed E-state index contributed by atoms with van der Waals surface area (Å²) in [6.45, 7) is 2.20. The van der Waals surface area contributed by atoms with Crippen molar-refractivity contribution in [1.29, 1.82) is 0 Å². The van der Waals surface area contributed by atoms with Crippen LogP contribution in [0.3, 0.4) is 0 Å². The van der Waals surface area contributed by atoms with E-state index in [4.69, 9.17) is 0 Å². The maximum absolute atomic E-state index is 4.61. The molecule has 102 valence electrons. The van der Waals surface area contributed by atoms with Gasteiger partial charge in [0.05, 0.1) is 20.8 Å². The summed E-state index contributed by atoms with van der Waals surface area (Å²) in [5.74, 6) is 0. The van der Waals surface area contributed by atoms with Gasteiger partial charge in [0, 0.05) is 35.4 Å². The summed E-state index contributed by atoms with van der Waals surface area (Å²) in [6.07, 6.45) is 9.20. The molecule has 0 aromatic carbocycles. The molecule has 3 nitrogen and oxygen atoms in total. The van der Waals surface area contributed by atoms with E-state index in [1.54, 1.807) is 22.7 Å². The molecule has 0 atom stereocenters. The largest absolute Gasteiger partial charge is 0.261 e. The first kappa shape index (κ1) is 13.4. The van der Waals surface area contributed by atoms with E-state index in [9.17, 15) is 0 Å². The first-order chi connectivity index (χ1) is 9.88. The van der Waals surface area contributed by atoms with Crippen molar-refractivity contribution < 1.29 is 0 Å². The minimum atomic E-state index is 1.03. The molecule has 3 aromatic rings. The van der Waals surface area contributed by atoms with E-state index in [1.165, 1.54) is 23.3 Å². The number of hydrogen-bond donors (Lipinski definition) is 0. The first-order valence-electron chi connectivity index (χ1n) is 6.65. The molecule has 0 radical (unpaired) electrons. The van der Waals surface area contributed by atoms with Crippen molar-refractivity contribution in [2.24, 2.45) is 0 Å². The Labute approximate surface area is 126 Å². The summed E-state index contributed by atoms with van der Waals surface area (Å²) >= 11 is 3.31. The molecule has 0 aliphatic carbocycles. The third-order valence-electron chi connectivity index (χ3n) is 3.14. The normalized spacial score (nSPS) is 10.8. The van der Waals surface area contributed by atoms with E-state index in [0.717, 1.165) is 22.6 Å². The topological polar surface area (TPSA) is 38.7 Å². The molecule has 3 aromatic heterocycles. The fourth-order valence-corrected chi connectivity index (χ4v) is 3.39. The summed E-state index contributed by atoms with van der Waals surface area (Å²) in [7, 11) is 0. The highest BCUT2D eigenvalue weighted by molar-refractivity contribution is 7.14. The Balaban J connectivity index is 2.06. The van der Waals surface area contributed by atoms with Crippen molar-refractivity contribution in [1.82, 2.24) is 15.0 Å². The molecular formula is C15H15N3S2. The van der Waals surface area contributed by atoms with Gasteiger partial charge in [0.25, 0.3) is 0 Å². The molecular weight excluding hydrogens is 286 g/mol. The first-order valence-corrected chi connectivity index (χ1v) is 8.41. The Bertz CT molecular complexity index is 661. The predicted molar refractivity (Wildman–Crippen MR) is 85.1 cm³/mol. The van der Waals surface area contributed by atoms with Gasteiger partial charge in [-0.15, -0.1) is 22.7 Å². The molecule has 0 saturated carbocycles. The summed E-state index contributed by atoms with van der Waals surface area (Å²) in [6, 6.07) is 2.21. The Kier molecular flexibility index (Phi) is 4.18. The molecule has 20 heavy (non-hydrogen) atoms. The van der Waals surface area contributed by atoms with Crippen molar-refractivity contribution in [3.8, 4) is 20.9 Å². The molecule has 3 heterocycles. The zero-order valence-electron chi connectivity index (χ0n) is 11.2. The average Bonchev–Trinajstić information content (AvgIpc) is 3.17. The quantitative estimate of drug-likeness (QED) is 0.687. The van der Waals surface area contributed by atoms with Crippen molar-refractivity contribution in [3.05, 3.63) is 41.4 Å². The smallest absolute Gasteiger partial charge is 0.0797 e. The second kappa shape index (κ2) is 6.24. The van der Waals surface area contributed by atoms with Gasteiger partial charge in [-0.3, -0.25) is 15.0 Å². The third kappa shape index (κ3) is 2.78. The molecule has 0 spiro atoms. The van der Waals surface area contributed by atoms with E-state index < -0.39 is 0 Å². The van der Waals surface area contributed by atoms with Crippen molar-refractivity contribution in [2.45, 2.75) is 26.2 Å². The fourth-order valence-electron chi connectivity index (χ4n) is 2.09. The van der Waals surface area contributed by atoms with Gasteiger partial charge in [0.2, 0.25) is 0 Å². The number of aromatic nitrogens is 3. The number of pyridine rings is 1. The van der Waals surface area contributed by atoms with Crippen LogP contribution in [-0.2, 0) is 6.42 Å². The molecule has 0 unspecified atom stereocenters. The molecule has 0 N–H and O–H groups in total. The zero-order valence-corrected chi connectivity index (χ0v) is 12.9. The molecule has 0 aliphatic heterocycles. The minimum absolute atomic E-state index is 1.03. The van der Waals surface area contributed by atoms with E-state index in [1.807, 2.05) is 29.6 Å². The average molecular weight is 301 g/mol. The highest BCUT2D eigenvalue weighted by Crippen LogP contribution is 2.35. The van der Waals surface area contributed by atoms with Crippen LogP contribution < -0.4 is 0 Å². The Morgan fingerprint density at radius 2 is 1.65 bits per heavy atom. The van der Waals surface area contributed by atoms with Gasteiger partial charge in [0.1, 0.15) is 0 Å². The van der Waals surface area contributed by atoms with E-state index in [-0.39, 0.29) is 0 Å². The van der Waals surface area contributed by atoms with Crippen molar-refractivity contribution >= 4 is 22.7 Å². The fraction of sp³-hybridized carbons (Fsp3) is 0.267. The lowest BCUT2D eigenvalue weighted by Gasteiger charge is -2.08. The predicted octanol–water partition coefficient (Wildman–Crippen LogP) is 4.67. The number of thiazole rings is 2. The van der Waals surface area contributed by atoms with Gasteiger partial charge in [0.15, 0.2) is 0 Å². The van der Waals surface area contributed by atoms with Gasteiger partial charge < -0.3 is 0 Å². The van der Waals surface area contributed by atoms with Gasteiger partial charge in [-0.05, 0) is 18.9 Å². The van der Waals surface area contributed by atoms with Gasteiger partial charge >= 0.3 is 0 Å². The van der Waals surface area contributed by atoms with Crippen LogP contribution in [0.2, 0.25) is 0 Å². The van der Waals surface area contributed by atoms with Gasteiger partial charge in [-0.25, -0.2) is 0 Å². The number of hydrogen-bond acceptors (Lipinski definition) is 5. The lowest BCUT2D eigenvalue weighted by Crippen LogP contribution is -1.92. The second-order valence-electron chi connectivity index (χ2n) is 4.56. The lowest BCUT2D eigenvalue weighted by atomic mass is 10.0. The standard InChI is InChI=1S/C15H15N3S2/c1-2-3-4-11-5-12(14-7-16-9-19-14)13(6-18-11)15-8-17-10-20-15/h5-10H,2-4H2,1H3. The third-order valence-corrected chi connectivity index (χ3v) is 4.76. The molecule has 3 rings (SSSR count).